The average Bonchev–Trinajstić information content (AvgIpc) is 3.19. The zero-order chi connectivity index (χ0) is 13.4. The Morgan fingerprint density at radius 3 is 2.21 bits per heavy atom. The zero-order valence-electron chi connectivity index (χ0n) is 9.85. The number of rotatable bonds is 3. The lowest BCUT2D eigenvalue weighted by Crippen LogP contribution is -2.08. The van der Waals surface area contributed by atoms with Crippen molar-refractivity contribution in [1.82, 2.24) is 0 Å². The summed E-state index contributed by atoms with van der Waals surface area (Å²) in [6.45, 7) is 0. The van der Waals surface area contributed by atoms with Gasteiger partial charge >= 0.3 is 0 Å². The Morgan fingerprint density at radius 2 is 1.58 bits per heavy atom. The number of ketones is 1. The molecule has 96 valence electrons. The van der Waals surface area contributed by atoms with E-state index < -0.39 is 6.10 Å². The van der Waals surface area contributed by atoms with Crippen molar-refractivity contribution in [1.29, 1.82) is 0 Å². The number of carbonyl (C=O) groups is 1. The summed E-state index contributed by atoms with van der Waals surface area (Å²) in [4.78, 5) is 12.2. The van der Waals surface area contributed by atoms with Crippen molar-refractivity contribution in [3.05, 3.63) is 69.7 Å². The molecule has 19 heavy (non-hydrogen) atoms. The van der Waals surface area contributed by atoms with Gasteiger partial charge in [0.2, 0.25) is 0 Å². The van der Waals surface area contributed by atoms with Gasteiger partial charge in [-0.1, -0.05) is 59.6 Å². The van der Waals surface area contributed by atoms with Crippen molar-refractivity contribution < 1.29 is 9.53 Å². The van der Waals surface area contributed by atoms with Crippen molar-refractivity contribution in [3.8, 4) is 0 Å². The third-order valence-electron chi connectivity index (χ3n) is 3.09. The first kappa shape index (κ1) is 12.7. The number of benzene rings is 2. The predicted octanol–water partition coefficient (Wildman–Crippen LogP) is 4.32. The number of hydrogen-bond acceptors (Lipinski definition) is 2. The van der Waals surface area contributed by atoms with Crippen molar-refractivity contribution in [2.75, 3.05) is 0 Å². The van der Waals surface area contributed by atoms with Crippen LogP contribution in [-0.4, -0.2) is 11.9 Å². The maximum Gasteiger partial charge on any atom is 0.194 e. The number of halogens is 2. The molecule has 1 fully saturated rings. The van der Waals surface area contributed by atoms with E-state index in [4.69, 9.17) is 27.9 Å². The van der Waals surface area contributed by atoms with E-state index in [9.17, 15) is 4.79 Å². The molecule has 0 N–H and O–H groups in total. The molecule has 1 aliphatic rings. The van der Waals surface area contributed by atoms with Crippen molar-refractivity contribution in [2.24, 2.45) is 0 Å². The van der Waals surface area contributed by atoms with Gasteiger partial charge in [0.05, 0.1) is 0 Å². The van der Waals surface area contributed by atoms with Crippen LogP contribution in [0.1, 0.15) is 22.0 Å². The Bertz CT molecular complexity index is 605. The monoisotopic (exact) mass is 292 g/mol. The summed E-state index contributed by atoms with van der Waals surface area (Å²) in [5, 5.41) is 1.06. The molecule has 0 radical (unpaired) electrons. The normalized spacial score (nSPS) is 21.2. The Balaban J connectivity index is 1.84. The minimum absolute atomic E-state index is 0.0402. The van der Waals surface area contributed by atoms with Crippen LogP contribution >= 0.6 is 23.2 Å². The molecule has 0 aromatic heterocycles. The first-order chi connectivity index (χ1) is 9.18. The number of ether oxygens (including phenoxy) is 1. The van der Waals surface area contributed by atoms with Crippen LogP contribution in [0.15, 0.2) is 48.5 Å². The van der Waals surface area contributed by atoms with Gasteiger partial charge in [0.15, 0.2) is 11.9 Å². The van der Waals surface area contributed by atoms with E-state index in [-0.39, 0.29) is 11.9 Å². The van der Waals surface area contributed by atoms with Crippen LogP contribution in [0.4, 0.5) is 0 Å². The second kappa shape index (κ2) is 4.97. The zero-order valence-corrected chi connectivity index (χ0v) is 11.4. The highest BCUT2D eigenvalue weighted by Crippen LogP contribution is 2.46. The predicted molar refractivity (Wildman–Crippen MR) is 74.8 cm³/mol. The summed E-state index contributed by atoms with van der Waals surface area (Å²) in [6.07, 6.45) is -0.825. The molecule has 3 rings (SSSR count). The lowest BCUT2D eigenvalue weighted by atomic mass is 10.0. The number of epoxide rings is 1. The third kappa shape index (κ3) is 2.39. The van der Waals surface area contributed by atoms with E-state index in [0.29, 0.717) is 21.2 Å². The van der Waals surface area contributed by atoms with E-state index in [2.05, 4.69) is 0 Å². The Morgan fingerprint density at radius 1 is 0.947 bits per heavy atom. The summed E-state index contributed by atoms with van der Waals surface area (Å²) in [5.74, 6) is -0.0402. The second-order valence-electron chi connectivity index (χ2n) is 4.34. The molecule has 2 aromatic rings. The van der Waals surface area contributed by atoms with Crippen molar-refractivity contribution >= 4 is 29.0 Å². The summed E-state index contributed by atoms with van der Waals surface area (Å²) < 4.78 is 5.46. The van der Waals surface area contributed by atoms with Gasteiger partial charge in [0.25, 0.3) is 0 Å². The molecule has 1 heterocycles. The van der Waals surface area contributed by atoms with Crippen molar-refractivity contribution in [3.63, 3.8) is 0 Å². The molecule has 0 spiro atoms. The summed E-state index contributed by atoms with van der Waals surface area (Å²) in [5.41, 5.74) is 1.33. The Kier molecular flexibility index (Phi) is 3.31. The van der Waals surface area contributed by atoms with Gasteiger partial charge in [-0.3, -0.25) is 4.79 Å². The summed E-state index contributed by atoms with van der Waals surface area (Å²) in [7, 11) is 0. The highest BCUT2D eigenvalue weighted by molar-refractivity contribution is 6.36. The summed E-state index contributed by atoms with van der Waals surface area (Å²) in [6, 6.07) is 14.3. The van der Waals surface area contributed by atoms with Gasteiger partial charge in [-0.15, -0.1) is 0 Å². The van der Waals surface area contributed by atoms with Gasteiger partial charge < -0.3 is 4.74 Å². The van der Waals surface area contributed by atoms with E-state index in [1.54, 1.807) is 30.3 Å². The van der Waals surface area contributed by atoms with Gasteiger partial charge in [-0.05, 0) is 12.1 Å². The van der Waals surface area contributed by atoms with Gasteiger partial charge in [-0.25, -0.2) is 0 Å². The Hall–Kier alpha value is -1.35. The van der Waals surface area contributed by atoms with Crippen LogP contribution in [0, 0.1) is 0 Å². The fraction of sp³-hybridized carbons (Fsp3) is 0.133. The molecule has 0 bridgehead atoms. The molecule has 1 aliphatic heterocycles. The average molecular weight is 293 g/mol. The molecule has 2 atom stereocenters. The van der Waals surface area contributed by atoms with Gasteiger partial charge in [0, 0.05) is 21.2 Å². The van der Waals surface area contributed by atoms with Crippen LogP contribution in [0.5, 0.6) is 0 Å². The fourth-order valence-corrected chi connectivity index (χ4v) is 2.69. The van der Waals surface area contributed by atoms with Crippen molar-refractivity contribution in [2.45, 2.75) is 12.2 Å². The van der Waals surface area contributed by atoms with E-state index in [1.807, 2.05) is 18.2 Å². The molecule has 2 nitrogen and oxygen atoms in total. The number of hydrogen-bond donors (Lipinski definition) is 0. The molecular weight excluding hydrogens is 283 g/mol. The largest absolute Gasteiger partial charge is 0.356 e. The highest BCUT2D eigenvalue weighted by Gasteiger charge is 2.47. The standard InChI is InChI=1S/C15H10Cl2O2/c16-10-7-4-8-11(17)12(10)14-15(19-14)13(18)9-5-2-1-3-6-9/h1-8,14-15H. The maximum absolute atomic E-state index is 12.2. The molecule has 0 amide bonds. The van der Waals surface area contributed by atoms with Crippen LogP contribution in [0.25, 0.3) is 0 Å². The quantitative estimate of drug-likeness (QED) is 0.623. The maximum atomic E-state index is 12.2. The van der Waals surface area contributed by atoms with Crippen LogP contribution in [0.3, 0.4) is 0 Å². The van der Waals surface area contributed by atoms with E-state index >= 15 is 0 Å². The highest BCUT2D eigenvalue weighted by atomic mass is 35.5. The number of carbonyl (C=O) groups excluding carboxylic acids is 1. The van der Waals surface area contributed by atoms with Gasteiger partial charge in [-0.2, -0.15) is 0 Å². The SMILES string of the molecule is O=C(c1ccccc1)C1OC1c1c(Cl)cccc1Cl. The molecule has 1 saturated heterocycles. The fourth-order valence-electron chi connectivity index (χ4n) is 2.08. The Labute approximate surface area is 120 Å². The topological polar surface area (TPSA) is 29.6 Å². The molecule has 0 aliphatic carbocycles. The van der Waals surface area contributed by atoms with Gasteiger partial charge in [0.1, 0.15) is 6.10 Å². The van der Waals surface area contributed by atoms with Crippen LogP contribution in [0.2, 0.25) is 10.0 Å². The molecular formula is C15H10Cl2O2. The van der Waals surface area contributed by atoms with Crippen LogP contribution < -0.4 is 0 Å². The first-order valence-corrected chi connectivity index (χ1v) is 6.62. The molecule has 2 aromatic carbocycles. The summed E-state index contributed by atoms with van der Waals surface area (Å²) >= 11 is 12.2. The lowest BCUT2D eigenvalue weighted by molar-refractivity contribution is 0.0953. The smallest absolute Gasteiger partial charge is 0.194 e. The minimum atomic E-state index is -0.486. The minimum Gasteiger partial charge on any atom is -0.356 e. The molecule has 2 unspecified atom stereocenters. The third-order valence-corrected chi connectivity index (χ3v) is 3.75. The second-order valence-corrected chi connectivity index (χ2v) is 5.16. The van der Waals surface area contributed by atoms with E-state index in [1.165, 1.54) is 0 Å². The molecule has 4 heteroatoms. The first-order valence-electron chi connectivity index (χ1n) is 5.87. The number of Topliss-reactive ketones (excluding diaryl/α,β-unsaturated/α-hetero) is 1. The van der Waals surface area contributed by atoms with Crippen LogP contribution in [-0.2, 0) is 4.74 Å². The van der Waals surface area contributed by atoms with E-state index in [0.717, 1.165) is 0 Å². The lowest BCUT2D eigenvalue weighted by Gasteiger charge is -2.02. The molecule has 0 saturated carbocycles.